The summed E-state index contributed by atoms with van der Waals surface area (Å²) >= 11 is 1.97. The van der Waals surface area contributed by atoms with E-state index < -0.39 is 0 Å². The fraction of sp³-hybridized carbons (Fsp3) is 0.529. The molecule has 0 aliphatic carbocycles. The van der Waals surface area contributed by atoms with Crippen LogP contribution in [0.1, 0.15) is 24.2 Å². The van der Waals surface area contributed by atoms with Gasteiger partial charge in [-0.25, -0.2) is 9.97 Å². The fourth-order valence-corrected chi connectivity index (χ4v) is 4.01. The highest BCUT2D eigenvalue weighted by Gasteiger charge is 2.19. The minimum absolute atomic E-state index is 0.266. The zero-order valence-electron chi connectivity index (χ0n) is 13.0. The maximum Gasteiger partial charge on any atom is 0.138 e. The molecule has 1 aromatic heterocycles. The van der Waals surface area contributed by atoms with Gasteiger partial charge in [0.15, 0.2) is 0 Å². The number of hydrogen-bond acceptors (Lipinski definition) is 5. The van der Waals surface area contributed by atoms with Crippen LogP contribution in [0, 0.1) is 6.92 Å². The zero-order valence-corrected chi connectivity index (χ0v) is 13.9. The molecule has 1 aromatic carbocycles. The van der Waals surface area contributed by atoms with E-state index in [2.05, 4.69) is 35.0 Å². The van der Waals surface area contributed by atoms with E-state index in [1.54, 1.807) is 0 Å². The first-order valence-corrected chi connectivity index (χ1v) is 8.97. The summed E-state index contributed by atoms with van der Waals surface area (Å²) < 4.78 is 0. The lowest BCUT2D eigenvalue weighted by Crippen LogP contribution is -2.36. The van der Waals surface area contributed by atoms with Crippen LogP contribution in [0.3, 0.4) is 0 Å². The normalized spacial score (nSPS) is 17.2. The van der Waals surface area contributed by atoms with E-state index in [9.17, 15) is 0 Å². The highest BCUT2D eigenvalue weighted by molar-refractivity contribution is 7.99. The Morgan fingerprint density at radius 2 is 2.14 bits per heavy atom. The molecule has 1 fully saturated rings. The molecule has 5 heteroatoms. The van der Waals surface area contributed by atoms with Gasteiger partial charge in [-0.2, -0.15) is 11.8 Å². The number of rotatable bonds is 5. The van der Waals surface area contributed by atoms with Gasteiger partial charge in [0.05, 0.1) is 17.9 Å². The Kier molecular flexibility index (Phi) is 5.28. The van der Waals surface area contributed by atoms with Gasteiger partial charge in [0.2, 0.25) is 0 Å². The lowest BCUT2D eigenvalue weighted by Gasteiger charge is -2.30. The van der Waals surface area contributed by atoms with Crippen molar-refractivity contribution in [2.45, 2.75) is 30.8 Å². The van der Waals surface area contributed by atoms with Gasteiger partial charge < -0.3 is 10.0 Å². The molecular weight excluding hydrogens is 294 g/mol. The number of para-hydroxylation sites is 1. The summed E-state index contributed by atoms with van der Waals surface area (Å²) in [5.41, 5.74) is 2.29. The second-order valence-corrected chi connectivity index (χ2v) is 7.16. The Morgan fingerprint density at radius 1 is 1.32 bits per heavy atom. The van der Waals surface area contributed by atoms with Crippen LogP contribution in [0.5, 0.6) is 0 Å². The topological polar surface area (TPSA) is 49.2 Å². The van der Waals surface area contributed by atoms with E-state index in [1.807, 2.05) is 18.0 Å². The van der Waals surface area contributed by atoms with Gasteiger partial charge in [0, 0.05) is 23.4 Å². The minimum atomic E-state index is 0.266. The molecule has 2 heterocycles. The van der Waals surface area contributed by atoms with E-state index in [0.717, 1.165) is 42.1 Å². The summed E-state index contributed by atoms with van der Waals surface area (Å²) in [6.07, 6.45) is 4.32. The molecule has 4 nitrogen and oxygen atoms in total. The first-order chi connectivity index (χ1) is 10.8. The van der Waals surface area contributed by atoms with Gasteiger partial charge in [-0.3, -0.25) is 0 Å². The summed E-state index contributed by atoms with van der Waals surface area (Å²) in [5.74, 6) is 1.82. The number of aryl methyl sites for hydroxylation is 1. The van der Waals surface area contributed by atoms with Gasteiger partial charge in [-0.1, -0.05) is 18.2 Å². The van der Waals surface area contributed by atoms with E-state index in [1.165, 1.54) is 18.4 Å². The monoisotopic (exact) mass is 317 g/mol. The smallest absolute Gasteiger partial charge is 0.138 e. The average molecular weight is 317 g/mol. The van der Waals surface area contributed by atoms with Gasteiger partial charge in [-0.05, 0) is 38.4 Å². The number of β-amino-alcohol motifs (C(OH)–C–C–N with tert-alkyl or cyclic N) is 1. The van der Waals surface area contributed by atoms with E-state index in [-0.39, 0.29) is 6.61 Å². The first-order valence-electron chi connectivity index (χ1n) is 7.92. The van der Waals surface area contributed by atoms with Crippen molar-refractivity contribution in [3.63, 3.8) is 0 Å². The molecule has 0 unspecified atom stereocenters. The largest absolute Gasteiger partial charge is 0.395 e. The molecule has 1 aliphatic rings. The Bertz CT molecular complexity index is 626. The van der Waals surface area contributed by atoms with Crippen molar-refractivity contribution in [2.24, 2.45) is 0 Å². The van der Waals surface area contributed by atoms with E-state index in [4.69, 9.17) is 10.1 Å². The Morgan fingerprint density at radius 3 is 2.91 bits per heavy atom. The number of hydrogen-bond donors (Lipinski definition) is 1. The third-order valence-electron chi connectivity index (χ3n) is 4.26. The molecule has 22 heavy (non-hydrogen) atoms. The number of benzene rings is 1. The number of piperidine rings is 1. The van der Waals surface area contributed by atoms with Crippen LogP contribution in [-0.2, 0) is 5.75 Å². The van der Waals surface area contributed by atoms with Crippen LogP contribution in [0.25, 0.3) is 10.9 Å². The molecule has 0 amide bonds. The molecule has 0 atom stereocenters. The fourth-order valence-electron chi connectivity index (χ4n) is 2.94. The van der Waals surface area contributed by atoms with Crippen LogP contribution >= 0.6 is 11.8 Å². The van der Waals surface area contributed by atoms with Gasteiger partial charge in [-0.15, -0.1) is 0 Å². The van der Waals surface area contributed by atoms with Crippen molar-refractivity contribution in [3.8, 4) is 0 Å². The van der Waals surface area contributed by atoms with Crippen molar-refractivity contribution in [1.29, 1.82) is 0 Å². The van der Waals surface area contributed by atoms with Gasteiger partial charge in [0.1, 0.15) is 5.82 Å². The number of aliphatic hydroxyl groups excluding tert-OH is 1. The first kappa shape index (κ1) is 15.7. The van der Waals surface area contributed by atoms with Crippen LogP contribution in [0.2, 0.25) is 0 Å². The summed E-state index contributed by atoms with van der Waals surface area (Å²) in [4.78, 5) is 11.6. The predicted octanol–water partition coefficient (Wildman–Crippen LogP) is 2.63. The van der Waals surface area contributed by atoms with Crippen molar-refractivity contribution in [1.82, 2.24) is 14.9 Å². The second-order valence-electron chi connectivity index (χ2n) is 5.87. The van der Waals surface area contributed by atoms with Crippen LogP contribution in [0.4, 0.5) is 0 Å². The molecule has 0 radical (unpaired) electrons. The molecule has 3 rings (SSSR count). The maximum absolute atomic E-state index is 8.98. The summed E-state index contributed by atoms with van der Waals surface area (Å²) in [7, 11) is 0. The van der Waals surface area contributed by atoms with Crippen LogP contribution in [-0.4, -0.2) is 51.5 Å². The molecule has 1 aliphatic heterocycles. The van der Waals surface area contributed by atoms with Gasteiger partial charge >= 0.3 is 0 Å². The maximum atomic E-state index is 8.98. The van der Waals surface area contributed by atoms with Crippen molar-refractivity contribution in [2.75, 3.05) is 26.2 Å². The van der Waals surface area contributed by atoms with E-state index >= 15 is 0 Å². The third kappa shape index (κ3) is 3.77. The lowest BCUT2D eigenvalue weighted by molar-refractivity contribution is 0.175. The number of nitrogens with zero attached hydrogens (tertiary/aromatic N) is 3. The van der Waals surface area contributed by atoms with Crippen LogP contribution < -0.4 is 0 Å². The predicted molar refractivity (Wildman–Crippen MR) is 92.1 cm³/mol. The standard InChI is InChI=1S/C17H23N3OS/c1-13-3-2-4-14-11-18-16(19-17(13)14)12-22-15-5-7-20(8-6-15)9-10-21/h2-4,11,15,21H,5-10,12H2,1H3. The van der Waals surface area contributed by atoms with E-state index in [0.29, 0.717) is 5.25 Å². The number of aromatic nitrogens is 2. The molecule has 0 spiro atoms. The van der Waals surface area contributed by atoms with Crippen LogP contribution in [0.15, 0.2) is 24.4 Å². The highest BCUT2D eigenvalue weighted by atomic mass is 32.2. The third-order valence-corrected chi connectivity index (χ3v) is 5.63. The molecule has 1 saturated heterocycles. The lowest BCUT2D eigenvalue weighted by atomic mass is 10.1. The molecule has 1 N–H and O–H groups in total. The SMILES string of the molecule is Cc1cccc2cnc(CSC3CCN(CCO)CC3)nc12. The second kappa shape index (κ2) is 7.40. The number of aliphatic hydroxyl groups is 1. The van der Waals surface area contributed by atoms with Crippen molar-refractivity contribution >= 4 is 22.7 Å². The summed E-state index contributed by atoms with van der Waals surface area (Å²) in [6.45, 7) is 5.36. The zero-order chi connectivity index (χ0) is 15.4. The number of thioether (sulfide) groups is 1. The average Bonchev–Trinajstić information content (AvgIpc) is 2.55. The Balaban J connectivity index is 1.57. The van der Waals surface area contributed by atoms with Crippen molar-refractivity contribution in [3.05, 3.63) is 35.8 Å². The quantitative estimate of drug-likeness (QED) is 0.918. The van der Waals surface area contributed by atoms with Gasteiger partial charge in [0.25, 0.3) is 0 Å². The molecule has 0 bridgehead atoms. The number of likely N-dealkylation sites (tertiary alicyclic amines) is 1. The number of fused-ring (bicyclic) bond motifs is 1. The van der Waals surface area contributed by atoms with Crippen molar-refractivity contribution < 1.29 is 5.11 Å². The summed E-state index contributed by atoms with van der Waals surface area (Å²) in [5, 5.41) is 10.8. The summed E-state index contributed by atoms with van der Waals surface area (Å²) in [6, 6.07) is 6.22. The molecule has 0 saturated carbocycles. The minimum Gasteiger partial charge on any atom is -0.395 e. The Hall–Kier alpha value is -1.17. The Labute approximate surface area is 136 Å². The highest BCUT2D eigenvalue weighted by Crippen LogP contribution is 2.26. The molecule has 118 valence electrons. The molecular formula is C17H23N3OS. The molecule has 2 aromatic rings.